The average Bonchev–Trinajstić information content (AvgIpc) is 3.33. The van der Waals surface area contributed by atoms with Crippen LogP contribution < -0.4 is 15.4 Å². The van der Waals surface area contributed by atoms with Gasteiger partial charge in [0.05, 0.1) is 12.1 Å². The Hall–Kier alpha value is -3.26. The molecule has 0 aliphatic carbocycles. The predicted octanol–water partition coefficient (Wildman–Crippen LogP) is 2.25. The lowest BCUT2D eigenvalue weighted by atomic mass is 9.90. The van der Waals surface area contributed by atoms with E-state index in [0.717, 1.165) is 23.4 Å². The van der Waals surface area contributed by atoms with E-state index in [0.29, 0.717) is 12.3 Å². The second-order valence-corrected chi connectivity index (χ2v) is 6.92. The van der Waals surface area contributed by atoms with Gasteiger partial charge < -0.3 is 15.4 Å². The van der Waals surface area contributed by atoms with E-state index in [-0.39, 0.29) is 23.8 Å². The van der Waals surface area contributed by atoms with E-state index >= 15 is 0 Å². The Labute approximate surface area is 163 Å². The summed E-state index contributed by atoms with van der Waals surface area (Å²) >= 11 is 0. The van der Waals surface area contributed by atoms with Gasteiger partial charge in [-0.2, -0.15) is 5.10 Å². The minimum atomic E-state index is -0.141. The second kappa shape index (κ2) is 7.77. The van der Waals surface area contributed by atoms with E-state index in [2.05, 4.69) is 25.7 Å². The van der Waals surface area contributed by atoms with Gasteiger partial charge in [0.1, 0.15) is 5.75 Å². The van der Waals surface area contributed by atoms with Crippen molar-refractivity contribution in [1.82, 2.24) is 25.1 Å². The normalized spacial score (nSPS) is 18.8. The van der Waals surface area contributed by atoms with Crippen molar-refractivity contribution in [2.45, 2.75) is 12.8 Å². The highest BCUT2D eigenvalue weighted by molar-refractivity contribution is 5.94. The standard InChI is InChI=1S/C20H22N6O2/c1-13-8-15(28-20-22-6-3-7-23-20)4-5-18(13)25-19(27)17-11-21-10-16(17)14-9-24-26(2)12-14/h3-9,12,16-17,21H,10-11H2,1-2H3,(H,25,27)/t16-,17+/m1/s1. The molecule has 8 nitrogen and oxygen atoms in total. The van der Waals surface area contributed by atoms with E-state index in [1.807, 2.05) is 38.5 Å². The summed E-state index contributed by atoms with van der Waals surface area (Å²) in [6.07, 6.45) is 7.05. The Bertz CT molecular complexity index is 972. The number of nitrogens with zero attached hydrogens (tertiary/aromatic N) is 4. The molecule has 144 valence electrons. The van der Waals surface area contributed by atoms with Crippen LogP contribution in [0.5, 0.6) is 11.8 Å². The molecule has 1 aromatic carbocycles. The van der Waals surface area contributed by atoms with Crippen molar-refractivity contribution in [1.29, 1.82) is 0 Å². The minimum absolute atomic E-state index is 0.00186. The van der Waals surface area contributed by atoms with Crippen LogP contribution in [0.15, 0.2) is 49.1 Å². The Morgan fingerprint density at radius 1 is 1.29 bits per heavy atom. The first-order valence-electron chi connectivity index (χ1n) is 9.16. The van der Waals surface area contributed by atoms with Crippen molar-refractivity contribution in [3.8, 4) is 11.8 Å². The summed E-state index contributed by atoms with van der Waals surface area (Å²) in [6.45, 7) is 3.35. The Kier molecular flexibility index (Phi) is 5.03. The number of aromatic nitrogens is 4. The lowest BCUT2D eigenvalue weighted by molar-refractivity contribution is -0.119. The molecule has 4 rings (SSSR count). The fraction of sp³-hybridized carbons (Fsp3) is 0.300. The fourth-order valence-electron chi connectivity index (χ4n) is 3.44. The molecule has 0 radical (unpaired) electrons. The number of carbonyl (C=O) groups is 1. The van der Waals surface area contributed by atoms with E-state index < -0.39 is 0 Å². The lowest BCUT2D eigenvalue weighted by Crippen LogP contribution is -2.28. The molecule has 0 bridgehead atoms. The summed E-state index contributed by atoms with van der Waals surface area (Å²) in [5.74, 6) is 0.601. The first kappa shape index (κ1) is 18.1. The molecule has 1 saturated heterocycles. The second-order valence-electron chi connectivity index (χ2n) is 6.92. The fourth-order valence-corrected chi connectivity index (χ4v) is 3.44. The van der Waals surface area contributed by atoms with E-state index in [4.69, 9.17) is 4.74 Å². The van der Waals surface area contributed by atoms with E-state index in [1.54, 1.807) is 29.2 Å². The summed E-state index contributed by atoms with van der Waals surface area (Å²) in [4.78, 5) is 21.0. The van der Waals surface area contributed by atoms with Gasteiger partial charge in [0, 0.05) is 50.3 Å². The van der Waals surface area contributed by atoms with Gasteiger partial charge in [-0.05, 0) is 42.3 Å². The maximum absolute atomic E-state index is 12.9. The molecule has 2 aromatic heterocycles. The van der Waals surface area contributed by atoms with Crippen molar-refractivity contribution in [2.24, 2.45) is 13.0 Å². The van der Waals surface area contributed by atoms with Gasteiger partial charge in [-0.3, -0.25) is 9.48 Å². The average molecular weight is 378 g/mol. The molecule has 1 fully saturated rings. The summed E-state index contributed by atoms with van der Waals surface area (Å²) in [5.41, 5.74) is 2.75. The number of amides is 1. The molecule has 1 aliphatic rings. The number of anilines is 1. The van der Waals surface area contributed by atoms with Crippen LogP contribution in [0.25, 0.3) is 0 Å². The monoisotopic (exact) mass is 378 g/mol. The van der Waals surface area contributed by atoms with Crippen LogP contribution in [0.2, 0.25) is 0 Å². The smallest absolute Gasteiger partial charge is 0.321 e. The molecular weight excluding hydrogens is 356 g/mol. The maximum atomic E-state index is 12.9. The first-order chi connectivity index (χ1) is 13.6. The van der Waals surface area contributed by atoms with Gasteiger partial charge in [0.2, 0.25) is 5.91 Å². The molecule has 0 saturated carbocycles. The van der Waals surface area contributed by atoms with Gasteiger partial charge >= 0.3 is 6.01 Å². The maximum Gasteiger partial charge on any atom is 0.321 e. The van der Waals surface area contributed by atoms with Crippen molar-refractivity contribution in [2.75, 3.05) is 18.4 Å². The number of rotatable bonds is 5. The number of benzene rings is 1. The topological polar surface area (TPSA) is 94.0 Å². The van der Waals surface area contributed by atoms with Crippen molar-refractivity contribution in [3.05, 3.63) is 60.2 Å². The predicted molar refractivity (Wildman–Crippen MR) is 104 cm³/mol. The molecule has 0 unspecified atom stereocenters. The highest BCUT2D eigenvalue weighted by atomic mass is 16.5. The van der Waals surface area contributed by atoms with Gasteiger partial charge in [-0.15, -0.1) is 0 Å². The van der Waals surface area contributed by atoms with Gasteiger partial charge in [0.25, 0.3) is 0 Å². The molecule has 2 atom stereocenters. The van der Waals surface area contributed by atoms with Crippen molar-refractivity contribution in [3.63, 3.8) is 0 Å². The van der Waals surface area contributed by atoms with E-state index in [1.165, 1.54) is 0 Å². The molecule has 28 heavy (non-hydrogen) atoms. The van der Waals surface area contributed by atoms with Gasteiger partial charge in [-0.1, -0.05) is 0 Å². The Morgan fingerprint density at radius 2 is 2.11 bits per heavy atom. The van der Waals surface area contributed by atoms with Crippen LogP contribution in [0.1, 0.15) is 17.0 Å². The zero-order valence-electron chi connectivity index (χ0n) is 15.8. The number of aryl methyl sites for hydroxylation is 2. The number of ether oxygens (including phenoxy) is 1. The Morgan fingerprint density at radius 3 is 2.82 bits per heavy atom. The molecule has 3 aromatic rings. The number of nitrogens with one attached hydrogen (secondary N) is 2. The van der Waals surface area contributed by atoms with Crippen LogP contribution in [0, 0.1) is 12.8 Å². The first-order valence-corrected chi connectivity index (χ1v) is 9.16. The molecule has 3 heterocycles. The zero-order valence-corrected chi connectivity index (χ0v) is 15.8. The third-order valence-electron chi connectivity index (χ3n) is 4.91. The Balaban J connectivity index is 1.45. The van der Waals surface area contributed by atoms with Crippen LogP contribution in [-0.4, -0.2) is 38.7 Å². The number of carbonyl (C=O) groups excluding carboxylic acids is 1. The van der Waals surface area contributed by atoms with Crippen molar-refractivity contribution < 1.29 is 9.53 Å². The molecule has 1 aliphatic heterocycles. The highest BCUT2D eigenvalue weighted by Crippen LogP contribution is 2.30. The third kappa shape index (κ3) is 3.86. The number of hydrogen-bond donors (Lipinski definition) is 2. The molecular formula is C20H22N6O2. The number of hydrogen-bond acceptors (Lipinski definition) is 6. The molecule has 8 heteroatoms. The summed E-state index contributed by atoms with van der Waals surface area (Å²) in [5, 5.41) is 10.6. The van der Waals surface area contributed by atoms with Crippen LogP contribution in [-0.2, 0) is 11.8 Å². The summed E-state index contributed by atoms with van der Waals surface area (Å²) in [6, 6.07) is 7.51. The van der Waals surface area contributed by atoms with Crippen molar-refractivity contribution >= 4 is 11.6 Å². The third-order valence-corrected chi connectivity index (χ3v) is 4.91. The SMILES string of the molecule is Cc1cc(Oc2ncccn2)ccc1NC(=O)[C@H]1CNC[C@@H]1c1cnn(C)c1. The van der Waals surface area contributed by atoms with Crippen LogP contribution in [0.4, 0.5) is 5.69 Å². The van der Waals surface area contributed by atoms with Crippen LogP contribution >= 0.6 is 0 Å². The lowest BCUT2D eigenvalue weighted by Gasteiger charge is -2.18. The van der Waals surface area contributed by atoms with Gasteiger partial charge in [-0.25, -0.2) is 9.97 Å². The zero-order chi connectivity index (χ0) is 19.5. The van der Waals surface area contributed by atoms with E-state index in [9.17, 15) is 4.79 Å². The van der Waals surface area contributed by atoms with Gasteiger partial charge in [0.15, 0.2) is 0 Å². The van der Waals surface area contributed by atoms with Crippen LogP contribution in [0.3, 0.4) is 0 Å². The molecule has 2 N–H and O–H groups in total. The summed E-state index contributed by atoms with van der Waals surface area (Å²) < 4.78 is 7.41. The largest absolute Gasteiger partial charge is 0.424 e. The summed E-state index contributed by atoms with van der Waals surface area (Å²) in [7, 11) is 1.88. The minimum Gasteiger partial charge on any atom is -0.424 e. The quantitative estimate of drug-likeness (QED) is 0.707. The molecule has 1 amide bonds. The molecule has 0 spiro atoms. The highest BCUT2D eigenvalue weighted by Gasteiger charge is 2.34.